The number of halogens is 2. The molecule has 0 radical (unpaired) electrons. The second-order valence-corrected chi connectivity index (χ2v) is 6.27. The van der Waals surface area contributed by atoms with Crippen LogP contribution in [-0.4, -0.2) is 22.6 Å². The zero-order valence-electron chi connectivity index (χ0n) is 11.0. The number of aromatic amines is 1. The third-order valence-corrected chi connectivity index (χ3v) is 4.17. The quantitative estimate of drug-likeness (QED) is 0.753. The number of amides is 1. The molecule has 2 aromatic rings. The molecule has 1 amide bonds. The van der Waals surface area contributed by atoms with Crippen molar-refractivity contribution in [3.05, 3.63) is 50.2 Å². The smallest absolute Gasteiger partial charge is 0.252 e. The number of benzene rings is 1. The number of aryl methyl sites for hydroxylation is 2. The molecule has 0 unspecified atom stereocenters. The maximum Gasteiger partial charge on any atom is 0.252 e. The lowest BCUT2D eigenvalue weighted by Gasteiger charge is -2.07. The first-order valence-electron chi connectivity index (χ1n) is 6.30. The van der Waals surface area contributed by atoms with Crippen molar-refractivity contribution in [3.8, 4) is 0 Å². The molecule has 1 aromatic heterocycles. The number of nitrogens with one attached hydrogen (secondary N) is 2. The lowest BCUT2D eigenvalue weighted by Crippen LogP contribution is -2.25. The van der Waals surface area contributed by atoms with Crippen LogP contribution in [0.2, 0.25) is 0 Å². The first kappa shape index (κ1) is 15.3. The predicted octanol–water partition coefficient (Wildman–Crippen LogP) is 3.61. The summed E-state index contributed by atoms with van der Waals surface area (Å²) in [7, 11) is 0. The summed E-state index contributed by atoms with van der Waals surface area (Å²) in [6.45, 7) is 2.64. The molecule has 20 heavy (non-hydrogen) atoms. The molecule has 0 fully saturated rings. The zero-order valence-corrected chi connectivity index (χ0v) is 14.2. The van der Waals surface area contributed by atoms with E-state index in [0.29, 0.717) is 12.1 Å². The van der Waals surface area contributed by atoms with E-state index in [4.69, 9.17) is 0 Å². The minimum atomic E-state index is -0.0618. The van der Waals surface area contributed by atoms with E-state index in [1.165, 1.54) is 5.56 Å². The summed E-state index contributed by atoms with van der Waals surface area (Å²) >= 11 is 6.76. The molecule has 2 N–H and O–H groups in total. The Morgan fingerprint density at radius 1 is 1.40 bits per heavy atom. The molecule has 0 aliphatic carbocycles. The normalized spacial score (nSPS) is 10.6. The Bertz CT molecular complexity index is 610. The van der Waals surface area contributed by atoms with Crippen LogP contribution in [0, 0.1) is 6.92 Å². The van der Waals surface area contributed by atoms with E-state index in [0.717, 1.165) is 27.5 Å². The average Bonchev–Trinajstić information content (AvgIpc) is 2.80. The SMILES string of the molecule is Cc1[nH]ncc1CCCNC(=O)c1ccc(Br)cc1Br. The standard InChI is InChI=1S/C14H15Br2N3O/c1-9-10(8-18-19-9)3-2-6-17-14(20)12-5-4-11(15)7-13(12)16/h4-5,7-8H,2-3,6H2,1H3,(H,17,20)(H,18,19). The Morgan fingerprint density at radius 3 is 2.85 bits per heavy atom. The summed E-state index contributed by atoms with van der Waals surface area (Å²) in [4.78, 5) is 12.0. The summed E-state index contributed by atoms with van der Waals surface area (Å²) in [5.74, 6) is -0.0618. The highest BCUT2D eigenvalue weighted by atomic mass is 79.9. The Morgan fingerprint density at radius 2 is 2.20 bits per heavy atom. The topological polar surface area (TPSA) is 57.8 Å². The molecule has 0 aliphatic heterocycles. The third kappa shape index (κ3) is 3.93. The van der Waals surface area contributed by atoms with Gasteiger partial charge in [-0.1, -0.05) is 15.9 Å². The van der Waals surface area contributed by atoms with Crippen molar-refractivity contribution in [1.82, 2.24) is 15.5 Å². The summed E-state index contributed by atoms with van der Waals surface area (Å²) in [5, 5.41) is 9.82. The molecule has 0 saturated carbocycles. The van der Waals surface area contributed by atoms with Crippen LogP contribution in [0.4, 0.5) is 0 Å². The molecule has 0 bridgehead atoms. The van der Waals surface area contributed by atoms with Crippen molar-refractivity contribution in [2.75, 3.05) is 6.54 Å². The second kappa shape index (κ2) is 7.04. The van der Waals surface area contributed by atoms with E-state index < -0.39 is 0 Å². The molecule has 6 heteroatoms. The van der Waals surface area contributed by atoms with Gasteiger partial charge in [0.2, 0.25) is 0 Å². The van der Waals surface area contributed by atoms with Crippen LogP contribution in [0.15, 0.2) is 33.3 Å². The number of hydrogen-bond donors (Lipinski definition) is 2. The van der Waals surface area contributed by atoms with Crippen LogP contribution >= 0.6 is 31.9 Å². The van der Waals surface area contributed by atoms with Crippen molar-refractivity contribution in [3.63, 3.8) is 0 Å². The molecule has 0 spiro atoms. The molecule has 0 aliphatic rings. The lowest BCUT2D eigenvalue weighted by atomic mass is 10.1. The summed E-state index contributed by atoms with van der Waals surface area (Å²) in [6.07, 6.45) is 3.63. The first-order valence-corrected chi connectivity index (χ1v) is 7.88. The van der Waals surface area contributed by atoms with Crippen LogP contribution in [0.3, 0.4) is 0 Å². The van der Waals surface area contributed by atoms with Crippen molar-refractivity contribution in [2.24, 2.45) is 0 Å². The number of carbonyl (C=O) groups excluding carboxylic acids is 1. The van der Waals surface area contributed by atoms with Gasteiger partial charge in [0.05, 0.1) is 11.8 Å². The Kier molecular flexibility index (Phi) is 5.37. The fraction of sp³-hybridized carbons (Fsp3) is 0.286. The minimum Gasteiger partial charge on any atom is -0.352 e. The van der Waals surface area contributed by atoms with Gasteiger partial charge in [-0.25, -0.2) is 0 Å². The van der Waals surface area contributed by atoms with Crippen molar-refractivity contribution < 1.29 is 4.79 Å². The molecule has 2 rings (SSSR count). The highest BCUT2D eigenvalue weighted by Gasteiger charge is 2.09. The molecular formula is C14H15Br2N3O. The number of nitrogens with zero attached hydrogens (tertiary/aromatic N) is 1. The van der Waals surface area contributed by atoms with Gasteiger partial charge < -0.3 is 5.32 Å². The van der Waals surface area contributed by atoms with Crippen LogP contribution in [-0.2, 0) is 6.42 Å². The van der Waals surface area contributed by atoms with Gasteiger partial charge in [0.15, 0.2) is 0 Å². The number of rotatable bonds is 5. The van der Waals surface area contributed by atoms with Gasteiger partial charge in [-0.3, -0.25) is 9.89 Å². The molecule has 1 heterocycles. The molecule has 1 aromatic carbocycles. The molecule has 4 nitrogen and oxygen atoms in total. The fourth-order valence-electron chi connectivity index (χ4n) is 1.88. The molecule has 0 atom stereocenters. The van der Waals surface area contributed by atoms with E-state index >= 15 is 0 Å². The Hall–Kier alpha value is -1.14. The monoisotopic (exact) mass is 399 g/mol. The predicted molar refractivity (Wildman–Crippen MR) is 85.8 cm³/mol. The number of aromatic nitrogens is 2. The minimum absolute atomic E-state index is 0.0618. The van der Waals surface area contributed by atoms with E-state index in [9.17, 15) is 4.79 Å². The number of carbonyl (C=O) groups is 1. The van der Waals surface area contributed by atoms with Gasteiger partial charge in [-0.15, -0.1) is 0 Å². The van der Waals surface area contributed by atoms with Crippen LogP contribution < -0.4 is 5.32 Å². The van der Waals surface area contributed by atoms with Crippen molar-refractivity contribution in [1.29, 1.82) is 0 Å². The van der Waals surface area contributed by atoms with Gasteiger partial charge >= 0.3 is 0 Å². The Balaban J connectivity index is 1.82. The highest BCUT2D eigenvalue weighted by molar-refractivity contribution is 9.11. The second-order valence-electron chi connectivity index (χ2n) is 4.50. The van der Waals surface area contributed by atoms with E-state index in [2.05, 4.69) is 47.4 Å². The maximum absolute atomic E-state index is 12.0. The average molecular weight is 401 g/mol. The van der Waals surface area contributed by atoms with Gasteiger partial charge in [-0.05, 0) is 59.5 Å². The Labute approximate surface area is 134 Å². The van der Waals surface area contributed by atoms with Crippen LogP contribution in [0.5, 0.6) is 0 Å². The summed E-state index contributed by atoms with van der Waals surface area (Å²) in [5.41, 5.74) is 2.93. The zero-order chi connectivity index (χ0) is 14.5. The number of hydrogen-bond acceptors (Lipinski definition) is 2. The number of H-pyrrole nitrogens is 1. The molecule has 0 saturated heterocycles. The van der Waals surface area contributed by atoms with Crippen LogP contribution in [0.25, 0.3) is 0 Å². The van der Waals surface area contributed by atoms with Gasteiger partial charge in [0.1, 0.15) is 0 Å². The van der Waals surface area contributed by atoms with Gasteiger partial charge in [-0.2, -0.15) is 5.10 Å². The first-order chi connectivity index (χ1) is 9.58. The third-order valence-electron chi connectivity index (χ3n) is 3.02. The van der Waals surface area contributed by atoms with Gasteiger partial charge in [0, 0.05) is 21.2 Å². The summed E-state index contributed by atoms with van der Waals surface area (Å²) in [6, 6.07) is 5.52. The van der Waals surface area contributed by atoms with Crippen LogP contribution in [0.1, 0.15) is 28.0 Å². The highest BCUT2D eigenvalue weighted by Crippen LogP contribution is 2.21. The maximum atomic E-state index is 12.0. The summed E-state index contributed by atoms with van der Waals surface area (Å²) < 4.78 is 1.73. The van der Waals surface area contributed by atoms with Gasteiger partial charge in [0.25, 0.3) is 5.91 Å². The van der Waals surface area contributed by atoms with E-state index in [1.54, 1.807) is 6.07 Å². The van der Waals surface area contributed by atoms with Crippen molar-refractivity contribution >= 4 is 37.8 Å². The van der Waals surface area contributed by atoms with Crippen molar-refractivity contribution in [2.45, 2.75) is 19.8 Å². The fourth-order valence-corrected chi connectivity index (χ4v) is 3.10. The van der Waals surface area contributed by atoms with E-state index in [-0.39, 0.29) is 5.91 Å². The molecular weight excluding hydrogens is 386 g/mol. The lowest BCUT2D eigenvalue weighted by molar-refractivity contribution is 0.0952. The largest absolute Gasteiger partial charge is 0.352 e. The van der Waals surface area contributed by atoms with E-state index in [1.807, 2.05) is 25.3 Å². The molecule has 106 valence electrons.